The monoisotopic (exact) mass is 619 g/mol. The van der Waals surface area contributed by atoms with E-state index in [0.717, 1.165) is 49.9 Å². The van der Waals surface area contributed by atoms with Crippen molar-refractivity contribution in [1.82, 2.24) is 14.7 Å². The summed E-state index contributed by atoms with van der Waals surface area (Å²) in [6.07, 6.45) is 2.77. The van der Waals surface area contributed by atoms with Gasteiger partial charge in [0, 0.05) is 43.1 Å². The summed E-state index contributed by atoms with van der Waals surface area (Å²) in [6.45, 7) is 5.72. The van der Waals surface area contributed by atoms with Crippen LogP contribution in [-0.4, -0.2) is 65.8 Å². The van der Waals surface area contributed by atoms with Crippen LogP contribution in [0.15, 0.2) is 83.3 Å². The van der Waals surface area contributed by atoms with Crippen LogP contribution in [0.5, 0.6) is 0 Å². The Morgan fingerprint density at radius 1 is 0.875 bits per heavy atom. The Kier molecular flexibility index (Phi) is 8.02. The molecular formula is C33H35BrClN3O2. The van der Waals surface area contributed by atoms with Gasteiger partial charge in [0.05, 0.1) is 16.0 Å². The smallest absolute Gasteiger partial charge is 0.255 e. The van der Waals surface area contributed by atoms with Crippen molar-refractivity contribution in [3.63, 3.8) is 0 Å². The number of carbonyl (C=O) groups is 2. The first kappa shape index (κ1) is 27.5. The number of nitrogens with zero attached hydrogens (tertiary/aromatic N) is 3. The standard InChI is InChI=1S/C33H35BrClN3O2/c34-27-12-10-24(11-13-27)20-37-19-16-33(32(37)40)14-17-36(18-15-33)21-26-22-38(23-29(26)25-6-2-1-3-7-25)31(39)28-8-4-5-9-30(28)35/h1-13,26,29H,14-23H2/t26-,29+/m0/s1. The van der Waals surface area contributed by atoms with E-state index >= 15 is 0 Å². The number of likely N-dealkylation sites (tertiary alicyclic amines) is 3. The largest absolute Gasteiger partial charge is 0.338 e. The zero-order valence-electron chi connectivity index (χ0n) is 22.6. The SMILES string of the molecule is O=C(c1ccccc1Cl)N1C[C@H](CN2CCC3(CC2)CCN(Cc2ccc(Br)cc2)C3=O)[C@@H](c2ccccc2)C1. The van der Waals surface area contributed by atoms with Crippen LogP contribution >= 0.6 is 27.5 Å². The van der Waals surface area contributed by atoms with Gasteiger partial charge in [-0.1, -0.05) is 82.1 Å². The van der Waals surface area contributed by atoms with Crippen LogP contribution in [0.3, 0.4) is 0 Å². The molecule has 3 aromatic carbocycles. The number of carbonyl (C=O) groups excluding carboxylic acids is 2. The summed E-state index contributed by atoms with van der Waals surface area (Å²) in [4.78, 5) is 33.6. The summed E-state index contributed by atoms with van der Waals surface area (Å²) in [5.74, 6) is 0.942. The van der Waals surface area contributed by atoms with Gasteiger partial charge in [-0.25, -0.2) is 0 Å². The van der Waals surface area contributed by atoms with E-state index in [1.165, 1.54) is 11.1 Å². The maximum absolute atomic E-state index is 13.6. The maximum Gasteiger partial charge on any atom is 0.255 e. The number of benzene rings is 3. The fourth-order valence-electron chi connectivity index (χ4n) is 6.92. The lowest BCUT2D eigenvalue weighted by atomic mass is 9.76. The van der Waals surface area contributed by atoms with Gasteiger partial charge in [0.25, 0.3) is 5.91 Å². The molecule has 3 aromatic rings. The van der Waals surface area contributed by atoms with Gasteiger partial charge in [0.1, 0.15) is 0 Å². The van der Waals surface area contributed by atoms with Crippen LogP contribution in [0.2, 0.25) is 5.02 Å². The normalized spacial score (nSPS) is 22.8. The van der Waals surface area contributed by atoms with Crippen molar-refractivity contribution < 1.29 is 9.59 Å². The van der Waals surface area contributed by atoms with Gasteiger partial charge < -0.3 is 14.7 Å². The molecule has 208 valence electrons. The Bertz CT molecular complexity index is 1360. The maximum atomic E-state index is 13.6. The summed E-state index contributed by atoms with van der Waals surface area (Å²) in [5.41, 5.74) is 2.82. The van der Waals surface area contributed by atoms with E-state index in [1.807, 2.05) is 41.3 Å². The van der Waals surface area contributed by atoms with Crippen molar-refractivity contribution in [2.24, 2.45) is 11.3 Å². The van der Waals surface area contributed by atoms with E-state index in [4.69, 9.17) is 11.6 Å². The molecule has 5 nitrogen and oxygen atoms in total. The predicted octanol–water partition coefficient (Wildman–Crippen LogP) is 6.47. The van der Waals surface area contributed by atoms with Crippen LogP contribution in [0, 0.1) is 11.3 Å². The molecule has 3 aliphatic heterocycles. The van der Waals surface area contributed by atoms with Gasteiger partial charge in [-0.15, -0.1) is 0 Å². The second kappa shape index (κ2) is 11.7. The minimum absolute atomic E-state index is 0.00838. The molecule has 3 saturated heterocycles. The van der Waals surface area contributed by atoms with Crippen molar-refractivity contribution in [1.29, 1.82) is 0 Å². The minimum atomic E-state index is -0.216. The van der Waals surface area contributed by atoms with E-state index < -0.39 is 0 Å². The molecule has 3 aliphatic rings. The fraction of sp³-hybridized carbons (Fsp3) is 0.394. The van der Waals surface area contributed by atoms with Crippen molar-refractivity contribution in [3.8, 4) is 0 Å². The van der Waals surface area contributed by atoms with Gasteiger partial charge in [0.15, 0.2) is 0 Å². The summed E-state index contributed by atoms with van der Waals surface area (Å²) in [5, 5.41) is 0.504. The average Bonchev–Trinajstić information content (AvgIpc) is 3.53. The van der Waals surface area contributed by atoms with Gasteiger partial charge in [-0.2, -0.15) is 0 Å². The number of halogens is 2. The third kappa shape index (κ3) is 5.59. The van der Waals surface area contributed by atoms with E-state index in [0.29, 0.717) is 42.0 Å². The summed E-state index contributed by atoms with van der Waals surface area (Å²) in [7, 11) is 0. The molecule has 7 heteroatoms. The Morgan fingerprint density at radius 3 is 2.27 bits per heavy atom. The highest BCUT2D eigenvalue weighted by molar-refractivity contribution is 9.10. The molecule has 2 amide bonds. The molecule has 0 unspecified atom stereocenters. The minimum Gasteiger partial charge on any atom is -0.338 e. The van der Waals surface area contributed by atoms with E-state index in [2.05, 4.69) is 62.1 Å². The summed E-state index contributed by atoms with van der Waals surface area (Å²) in [6, 6.07) is 26.2. The molecule has 0 saturated carbocycles. The molecule has 0 N–H and O–H groups in total. The third-order valence-electron chi connectivity index (χ3n) is 9.25. The van der Waals surface area contributed by atoms with Crippen LogP contribution in [0.25, 0.3) is 0 Å². The molecule has 0 aromatic heterocycles. The average molecular weight is 621 g/mol. The zero-order chi connectivity index (χ0) is 27.7. The number of hydrogen-bond acceptors (Lipinski definition) is 3. The van der Waals surface area contributed by atoms with Gasteiger partial charge in [-0.3, -0.25) is 9.59 Å². The molecular weight excluding hydrogens is 586 g/mol. The second-order valence-corrected chi connectivity index (χ2v) is 13.0. The van der Waals surface area contributed by atoms with Crippen LogP contribution < -0.4 is 0 Å². The van der Waals surface area contributed by atoms with Gasteiger partial charge in [-0.05, 0) is 73.7 Å². The zero-order valence-corrected chi connectivity index (χ0v) is 25.0. The second-order valence-electron chi connectivity index (χ2n) is 11.7. The molecule has 40 heavy (non-hydrogen) atoms. The number of amides is 2. The van der Waals surface area contributed by atoms with Gasteiger partial charge in [0.2, 0.25) is 5.91 Å². The topological polar surface area (TPSA) is 43.9 Å². The molecule has 3 fully saturated rings. The fourth-order valence-corrected chi connectivity index (χ4v) is 7.40. The van der Waals surface area contributed by atoms with E-state index in [-0.39, 0.29) is 17.2 Å². The van der Waals surface area contributed by atoms with Crippen LogP contribution in [0.1, 0.15) is 46.7 Å². The Balaban J connectivity index is 1.11. The molecule has 3 heterocycles. The lowest BCUT2D eigenvalue weighted by Gasteiger charge is -2.39. The number of hydrogen-bond donors (Lipinski definition) is 0. The summed E-state index contributed by atoms with van der Waals surface area (Å²) < 4.78 is 1.06. The first-order chi connectivity index (χ1) is 19.4. The molecule has 1 spiro atoms. The third-order valence-corrected chi connectivity index (χ3v) is 10.1. The molecule has 6 rings (SSSR count). The van der Waals surface area contributed by atoms with Crippen molar-refractivity contribution in [3.05, 3.63) is 105 Å². The molecule has 0 radical (unpaired) electrons. The van der Waals surface area contributed by atoms with Crippen molar-refractivity contribution in [2.45, 2.75) is 31.7 Å². The van der Waals surface area contributed by atoms with Gasteiger partial charge >= 0.3 is 0 Å². The van der Waals surface area contributed by atoms with Crippen LogP contribution in [-0.2, 0) is 11.3 Å². The highest BCUT2D eigenvalue weighted by Gasteiger charge is 2.48. The lowest BCUT2D eigenvalue weighted by molar-refractivity contribution is -0.139. The highest BCUT2D eigenvalue weighted by Crippen LogP contribution is 2.43. The number of rotatable bonds is 6. The van der Waals surface area contributed by atoms with Crippen molar-refractivity contribution in [2.75, 3.05) is 39.3 Å². The Morgan fingerprint density at radius 2 is 1.55 bits per heavy atom. The highest BCUT2D eigenvalue weighted by atomic mass is 79.9. The van der Waals surface area contributed by atoms with E-state index in [9.17, 15) is 9.59 Å². The summed E-state index contributed by atoms with van der Waals surface area (Å²) >= 11 is 9.88. The van der Waals surface area contributed by atoms with E-state index in [1.54, 1.807) is 6.07 Å². The predicted molar refractivity (Wildman–Crippen MR) is 162 cm³/mol. The van der Waals surface area contributed by atoms with Crippen molar-refractivity contribution >= 4 is 39.3 Å². The lowest BCUT2D eigenvalue weighted by Crippen LogP contribution is -2.46. The molecule has 0 aliphatic carbocycles. The Hall–Kier alpha value is -2.67. The first-order valence-corrected chi connectivity index (χ1v) is 15.4. The molecule has 2 atom stereocenters. The number of piperidine rings is 1. The van der Waals surface area contributed by atoms with Crippen LogP contribution in [0.4, 0.5) is 0 Å². The Labute approximate surface area is 250 Å². The molecule has 0 bridgehead atoms. The first-order valence-electron chi connectivity index (χ1n) is 14.3. The quantitative estimate of drug-likeness (QED) is 0.317.